The minimum atomic E-state index is -0.712. The Morgan fingerprint density at radius 2 is 2.46 bits per heavy atom. The van der Waals surface area contributed by atoms with Gasteiger partial charge in [-0.15, -0.1) is 0 Å². The summed E-state index contributed by atoms with van der Waals surface area (Å²) >= 11 is 0. The van der Waals surface area contributed by atoms with E-state index in [0.717, 1.165) is 19.4 Å². The number of aliphatic hydroxyl groups excluding tert-OH is 1. The van der Waals surface area contributed by atoms with Crippen LogP contribution in [0.5, 0.6) is 0 Å². The van der Waals surface area contributed by atoms with E-state index >= 15 is 0 Å². The monoisotopic (exact) mass is 188 g/mol. The Bertz CT molecular complexity index is 173. The molecule has 5 nitrogen and oxygen atoms in total. The van der Waals surface area contributed by atoms with Crippen molar-refractivity contribution < 1.29 is 14.6 Å². The molecule has 0 aromatic carbocycles. The number of hydrogen-bond acceptors (Lipinski definition) is 4. The number of primary amides is 1. The topological polar surface area (TPSA) is 75.8 Å². The summed E-state index contributed by atoms with van der Waals surface area (Å²) < 4.78 is 4.88. The molecular formula is C8H16N2O3. The average Bonchev–Trinajstić information content (AvgIpc) is 2.04. The van der Waals surface area contributed by atoms with Crippen LogP contribution in [0, 0.1) is 0 Å². The summed E-state index contributed by atoms with van der Waals surface area (Å²) in [4.78, 5) is 12.5. The fourth-order valence-corrected chi connectivity index (χ4v) is 1.62. The number of amides is 1. The fraction of sp³-hybridized carbons (Fsp3) is 0.875. The molecule has 0 radical (unpaired) electrons. The van der Waals surface area contributed by atoms with Crippen molar-refractivity contribution in [3.63, 3.8) is 0 Å². The third kappa shape index (κ3) is 3.61. The first-order valence-corrected chi connectivity index (χ1v) is 4.51. The molecule has 1 saturated heterocycles. The Balaban J connectivity index is 2.28. The van der Waals surface area contributed by atoms with Gasteiger partial charge in [0.15, 0.2) is 0 Å². The highest BCUT2D eigenvalue weighted by Crippen LogP contribution is 2.12. The highest BCUT2D eigenvalue weighted by molar-refractivity contribution is 5.64. The van der Waals surface area contributed by atoms with Gasteiger partial charge in [0.2, 0.25) is 0 Å². The summed E-state index contributed by atoms with van der Waals surface area (Å²) in [6.45, 7) is 2.42. The van der Waals surface area contributed by atoms with Gasteiger partial charge in [0.05, 0.1) is 6.61 Å². The van der Waals surface area contributed by atoms with E-state index in [9.17, 15) is 4.79 Å². The molecule has 1 rings (SSSR count). The molecule has 1 amide bonds. The van der Waals surface area contributed by atoms with E-state index in [1.807, 2.05) is 0 Å². The molecule has 0 bridgehead atoms. The molecular weight excluding hydrogens is 172 g/mol. The molecule has 0 aromatic rings. The number of hydrogen-bond donors (Lipinski definition) is 2. The summed E-state index contributed by atoms with van der Waals surface area (Å²) in [5, 5.41) is 8.71. The van der Waals surface area contributed by atoms with Gasteiger partial charge in [-0.05, 0) is 19.4 Å². The maximum atomic E-state index is 10.5. The van der Waals surface area contributed by atoms with E-state index in [-0.39, 0.29) is 12.7 Å². The maximum absolute atomic E-state index is 10.5. The van der Waals surface area contributed by atoms with Crippen LogP contribution in [0.3, 0.4) is 0 Å². The van der Waals surface area contributed by atoms with Crippen LogP contribution in [0.15, 0.2) is 0 Å². The summed E-state index contributed by atoms with van der Waals surface area (Å²) in [6.07, 6.45) is 1.04. The quantitative estimate of drug-likeness (QED) is 0.628. The maximum Gasteiger partial charge on any atom is 0.404 e. The van der Waals surface area contributed by atoms with Gasteiger partial charge in [0.25, 0.3) is 0 Å². The van der Waals surface area contributed by atoms with Crippen LogP contribution >= 0.6 is 0 Å². The zero-order valence-electron chi connectivity index (χ0n) is 7.61. The van der Waals surface area contributed by atoms with Gasteiger partial charge < -0.3 is 15.6 Å². The van der Waals surface area contributed by atoms with Crippen LogP contribution < -0.4 is 5.73 Å². The molecule has 0 aromatic heterocycles. The van der Waals surface area contributed by atoms with Gasteiger partial charge in [0, 0.05) is 13.1 Å². The van der Waals surface area contributed by atoms with E-state index in [1.165, 1.54) is 0 Å². The minimum Gasteiger partial charge on any atom is -0.445 e. The largest absolute Gasteiger partial charge is 0.445 e. The Morgan fingerprint density at radius 1 is 1.69 bits per heavy atom. The SMILES string of the molecule is NC(=O)OC1CCCN(CCO)C1. The average molecular weight is 188 g/mol. The molecule has 1 fully saturated rings. The number of carbonyl (C=O) groups is 1. The minimum absolute atomic E-state index is 0.0993. The molecule has 13 heavy (non-hydrogen) atoms. The molecule has 0 aliphatic carbocycles. The Morgan fingerprint density at radius 3 is 3.08 bits per heavy atom. The van der Waals surface area contributed by atoms with Crippen LogP contribution in [0.25, 0.3) is 0 Å². The number of aliphatic hydroxyl groups is 1. The number of rotatable bonds is 3. The van der Waals surface area contributed by atoms with Gasteiger partial charge in [-0.2, -0.15) is 0 Å². The van der Waals surface area contributed by atoms with Crippen molar-refractivity contribution >= 4 is 6.09 Å². The van der Waals surface area contributed by atoms with Crippen molar-refractivity contribution in [2.24, 2.45) is 5.73 Å². The van der Waals surface area contributed by atoms with Gasteiger partial charge in [-0.3, -0.25) is 4.90 Å². The van der Waals surface area contributed by atoms with Crippen molar-refractivity contribution in [3.05, 3.63) is 0 Å². The van der Waals surface area contributed by atoms with Crippen LogP contribution in [0.2, 0.25) is 0 Å². The molecule has 3 N–H and O–H groups in total. The molecule has 1 unspecified atom stereocenters. The van der Waals surface area contributed by atoms with Gasteiger partial charge in [-0.1, -0.05) is 0 Å². The number of piperidine rings is 1. The molecule has 0 spiro atoms. The lowest BCUT2D eigenvalue weighted by atomic mass is 10.1. The lowest BCUT2D eigenvalue weighted by Crippen LogP contribution is -2.42. The molecule has 1 heterocycles. The first kappa shape index (κ1) is 10.3. The number of nitrogens with zero attached hydrogens (tertiary/aromatic N) is 1. The Kier molecular flexibility index (Phi) is 3.98. The van der Waals surface area contributed by atoms with Gasteiger partial charge in [-0.25, -0.2) is 4.79 Å². The normalized spacial score (nSPS) is 24.2. The third-order valence-electron chi connectivity index (χ3n) is 2.16. The lowest BCUT2D eigenvalue weighted by Gasteiger charge is -2.31. The number of ether oxygens (including phenoxy) is 1. The van der Waals surface area contributed by atoms with Gasteiger partial charge in [0.1, 0.15) is 6.10 Å². The van der Waals surface area contributed by atoms with E-state index in [0.29, 0.717) is 13.1 Å². The summed E-state index contributed by atoms with van der Waals surface area (Å²) in [5.74, 6) is 0. The van der Waals surface area contributed by atoms with Crippen molar-refractivity contribution in [1.82, 2.24) is 4.90 Å². The van der Waals surface area contributed by atoms with E-state index in [4.69, 9.17) is 15.6 Å². The number of likely N-dealkylation sites (tertiary alicyclic amines) is 1. The van der Waals surface area contributed by atoms with Crippen LogP contribution in [0.1, 0.15) is 12.8 Å². The Labute approximate surface area is 77.5 Å². The highest BCUT2D eigenvalue weighted by atomic mass is 16.6. The number of carbonyl (C=O) groups excluding carboxylic acids is 1. The molecule has 1 aliphatic rings. The van der Waals surface area contributed by atoms with Crippen LogP contribution in [0.4, 0.5) is 4.79 Å². The van der Waals surface area contributed by atoms with Crippen molar-refractivity contribution in [2.45, 2.75) is 18.9 Å². The number of nitrogens with two attached hydrogens (primary N) is 1. The summed E-state index contributed by atoms with van der Waals surface area (Å²) in [5.41, 5.74) is 4.91. The number of β-amino-alcohol motifs (C(OH)–C–C–N with tert-alkyl or cyclic N) is 1. The molecule has 1 aliphatic heterocycles. The first-order valence-electron chi connectivity index (χ1n) is 4.51. The van der Waals surface area contributed by atoms with Crippen LogP contribution in [-0.2, 0) is 4.74 Å². The summed E-state index contributed by atoms with van der Waals surface area (Å²) in [6, 6.07) is 0. The highest BCUT2D eigenvalue weighted by Gasteiger charge is 2.21. The molecule has 1 atom stereocenters. The predicted molar refractivity (Wildman–Crippen MR) is 47.2 cm³/mol. The zero-order valence-corrected chi connectivity index (χ0v) is 7.61. The molecule has 76 valence electrons. The molecule has 5 heteroatoms. The van der Waals surface area contributed by atoms with E-state index in [2.05, 4.69) is 4.90 Å². The molecule has 0 saturated carbocycles. The second kappa shape index (κ2) is 5.04. The predicted octanol–water partition coefficient (Wildman–Crippen LogP) is -0.462. The van der Waals surface area contributed by atoms with Gasteiger partial charge >= 0.3 is 6.09 Å². The van der Waals surface area contributed by atoms with Crippen molar-refractivity contribution in [2.75, 3.05) is 26.2 Å². The van der Waals surface area contributed by atoms with E-state index < -0.39 is 6.09 Å². The second-order valence-electron chi connectivity index (χ2n) is 3.23. The zero-order chi connectivity index (χ0) is 9.68. The van der Waals surface area contributed by atoms with Crippen molar-refractivity contribution in [1.29, 1.82) is 0 Å². The summed E-state index contributed by atoms with van der Waals surface area (Å²) in [7, 11) is 0. The second-order valence-corrected chi connectivity index (χ2v) is 3.23. The standard InChI is InChI=1S/C8H16N2O3/c9-8(12)13-7-2-1-3-10(6-7)4-5-11/h7,11H,1-6H2,(H2,9,12). The lowest BCUT2D eigenvalue weighted by molar-refractivity contribution is 0.0416. The first-order chi connectivity index (χ1) is 6.22. The van der Waals surface area contributed by atoms with E-state index in [1.54, 1.807) is 0 Å². The smallest absolute Gasteiger partial charge is 0.404 e. The third-order valence-corrected chi connectivity index (χ3v) is 2.16. The van der Waals surface area contributed by atoms with Crippen LogP contribution in [-0.4, -0.2) is 48.4 Å². The van der Waals surface area contributed by atoms with Crippen molar-refractivity contribution in [3.8, 4) is 0 Å². The Hall–Kier alpha value is -0.810. The fourth-order valence-electron chi connectivity index (χ4n) is 1.62.